The number of para-hydroxylation sites is 1. The van der Waals surface area contributed by atoms with Crippen molar-refractivity contribution in [1.82, 2.24) is 0 Å². The molecule has 1 rings (SSSR count). The van der Waals surface area contributed by atoms with Crippen molar-refractivity contribution in [2.45, 2.75) is 12.5 Å². The zero-order chi connectivity index (χ0) is 13.5. The molecular weight excluding hydrogens is 254 g/mol. The van der Waals surface area contributed by atoms with Gasteiger partial charge in [-0.05, 0) is 12.1 Å². The van der Waals surface area contributed by atoms with Crippen molar-refractivity contribution < 1.29 is 19.8 Å². The van der Waals surface area contributed by atoms with Gasteiger partial charge in [0.1, 0.15) is 6.04 Å². The second kappa shape index (κ2) is 6.90. The maximum absolute atomic E-state index is 11.2. The van der Waals surface area contributed by atoms with Crippen LogP contribution in [0.15, 0.2) is 30.3 Å². The van der Waals surface area contributed by atoms with E-state index in [9.17, 15) is 9.59 Å². The molecule has 6 heteroatoms. The van der Waals surface area contributed by atoms with E-state index in [0.29, 0.717) is 5.69 Å². The van der Waals surface area contributed by atoms with Gasteiger partial charge in [0.2, 0.25) is 0 Å². The van der Waals surface area contributed by atoms with Crippen LogP contribution in [0.25, 0.3) is 0 Å². The van der Waals surface area contributed by atoms with Gasteiger partial charge in [0.05, 0.1) is 6.42 Å². The third-order valence-corrected chi connectivity index (χ3v) is 2.83. The SMILES string of the molecule is O=C(O)CCN(c1ccccc1)C(CS)C(=O)O. The zero-order valence-electron chi connectivity index (χ0n) is 9.69. The van der Waals surface area contributed by atoms with E-state index in [1.165, 1.54) is 0 Å². The second-order valence-electron chi connectivity index (χ2n) is 3.71. The van der Waals surface area contributed by atoms with Crippen LogP contribution in [0.1, 0.15) is 6.42 Å². The normalized spacial score (nSPS) is 11.8. The molecular formula is C12H15NO4S. The van der Waals surface area contributed by atoms with Crippen LogP contribution in [-0.2, 0) is 9.59 Å². The fourth-order valence-corrected chi connectivity index (χ4v) is 1.96. The van der Waals surface area contributed by atoms with Gasteiger partial charge < -0.3 is 15.1 Å². The van der Waals surface area contributed by atoms with Crippen LogP contribution >= 0.6 is 12.6 Å². The highest BCUT2D eigenvalue weighted by Crippen LogP contribution is 2.18. The minimum atomic E-state index is -1.01. The average molecular weight is 269 g/mol. The number of aliphatic carboxylic acids is 2. The lowest BCUT2D eigenvalue weighted by Crippen LogP contribution is -2.44. The Kier molecular flexibility index (Phi) is 5.51. The van der Waals surface area contributed by atoms with Crippen molar-refractivity contribution in [1.29, 1.82) is 0 Å². The van der Waals surface area contributed by atoms with E-state index in [1.54, 1.807) is 29.2 Å². The Morgan fingerprint density at radius 3 is 2.28 bits per heavy atom. The molecule has 98 valence electrons. The molecule has 0 aliphatic carbocycles. The number of anilines is 1. The van der Waals surface area contributed by atoms with Crippen molar-refractivity contribution in [2.24, 2.45) is 0 Å². The molecule has 1 unspecified atom stereocenters. The Balaban J connectivity index is 2.94. The van der Waals surface area contributed by atoms with Gasteiger partial charge in [0.15, 0.2) is 0 Å². The molecule has 0 amide bonds. The highest BCUT2D eigenvalue weighted by atomic mass is 32.1. The number of nitrogens with zero attached hydrogens (tertiary/aromatic N) is 1. The van der Waals surface area contributed by atoms with Gasteiger partial charge in [-0.1, -0.05) is 18.2 Å². The zero-order valence-corrected chi connectivity index (χ0v) is 10.6. The Labute approximate surface area is 110 Å². The first-order chi connectivity index (χ1) is 8.56. The van der Waals surface area contributed by atoms with E-state index in [1.807, 2.05) is 6.07 Å². The largest absolute Gasteiger partial charge is 0.481 e. The number of thiol groups is 1. The summed E-state index contributed by atoms with van der Waals surface area (Å²) in [5.74, 6) is -1.86. The molecule has 0 aromatic heterocycles. The molecule has 0 fully saturated rings. The van der Waals surface area contributed by atoms with Gasteiger partial charge in [0, 0.05) is 18.0 Å². The molecule has 5 nitrogen and oxygen atoms in total. The summed E-state index contributed by atoms with van der Waals surface area (Å²) in [5.41, 5.74) is 0.681. The van der Waals surface area contributed by atoms with E-state index >= 15 is 0 Å². The van der Waals surface area contributed by atoms with Crippen LogP contribution in [0, 0.1) is 0 Å². The number of benzene rings is 1. The van der Waals surface area contributed by atoms with Gasteiger partial charge in [-0.2, -0.15) is 12.6 Å². The Hall–Kier alpha value is -1.69. The summed E-state index contributed by atoms with van der Waals surface area (Å²) in [6.45, 7) is 0.136. The van der Waals surface area contributed by atoms with E-state index in [0.717, 1.165) is 0 Å². The fraction of sp³-hybridized carbons (Fsp3) is 0.333. The molecule has 0 heterocycles. The molecule has 1 aromatic carbocycles. The smallest absolute Gasteiger partial charge is 0.327 e. The molecule has 0 aliphatic heterocycles. The van der Waals surface area contributed by atoms with Crippen LogP contribution in [0.5, 0.6) is 0 Å². The number of carboxylic acid groups (broad SMARTS) is 2. The van der Waals surface area contributed by atoms with Crippen LogP contribution in [0.2, 0.25) is 0 Å². The van der Waals surface area contributed by atoms with Crippen molar-refractivity contribution in [3.05, 3.63) is 30.3 Å². The minimum Gasteiger partial charge on any atom is -0.481 e. The summed E-state index contributed by atoms with van der Waals surface area (Å²) in [5, 5.41) is 17.8. The summed E-state index contributed by atoms with van der Waals surface area (Å²) in [4.78, 5) is 23.3. The second-order valence-corrected chi connectivity index (χ2v) is 4.07. The van der Waals surface area contributed by atoms with E-state index in [-0.39, 0.29) is 18.7 Å². The van der Waals surface area contributed by atoms with Gasteiger partial charge in [-0.15, -0.1) is 0 Å². The molecule has 0 aliphatic rings. The van der Waals surface area contributed by atoms with Gasteiger partial charge >= 0.3 is 11.9 Å². The van der Waals surface area contributed by atoms with Crippen molar-refractivity contribution in [3.63, 3.8) is 0 Å². The van der Waals surface area contributed by atoms with Crippen molar-refractivity contribution >= 4 is 30.3 Å². The first-order valence-corrected chi connectivity index (χ1v) is 6.06. The topological polar surface area (TPSA) is 77.8 Å². The van der Waals surface area contributed by atoms with E-state index < -0.39 is 18.0 Å². The molecule has 0 spiro atoms. The van der Waals surface area contributed by atoms with Gasteiger partial charge in [-0.25, -0.2) is 4.79 Å². The van der Waals surface area contributed by atoms with Gasteiger partial charge in [0.25, 0.3) is 0 Å². The fourth-order valence-electron chi connectivity index (χ4n) is 1.61. The summed E-state index contributed by atoms with van der Waals surface area (Å²) in [6, 6.07) is 8.04. The highest BCUT2D eigenvalue weighted by Gasteiger charge is 2.24. The lowest BCUT2D eigenvalue weighted by atomic mass is 10.2. The first kappa shape index (κ1) is 14.4. The Morgan fingerprint density at radius 1 is 1.22 bits per heavy atom. The van der Waals surface area contributed by atoms with Crippen molar-refractivity contribution in [3.8, 4) is 0 Å². The lowest BCUT2D eigenvalue weighted by molar-refractivity contribution is -0.139. The summed E-state index contributed by atoms with van der Waals surface area (Å²) < 4.78 is 0. The number of carboxylic acids is 2. The molecule has 0 saturated carbocycles. The monoisotopic (exact) mass is 269 g/mol. The Morgan fingerprint density at radius 2 is 1.83 bits per heavy atom. The molecule has 0 saturated heterocycles. The molecule has 1 aromatic rings. The number of rotatable bonds is 7. The Bertz CT molecular complexity index is 410. The standard InChI is InChI=1S/C12H15NO4S/c14-11(15)6-7-13(10(8-18)12(16)17)9-4-2-1-3-5-9/h1-5,10,18H,6-8H2,(H,14,15)(H,16,17). The molecule has 18 heavy (non-hydrogen) atoms. The molecule has 1 atom stereocenters. The van der Waals surface area contributed by atoms with Crippen molar-refractivity contribution in [2.75, 3.05) is 17.2 Å². The summed E-state index contributed by atoms with van der Waals surface area (Å²) in [7, 11) is 0. The average Bonchev–Trinajstić information content (AvgIpc) is 2.34. The maximum Gasteiger partial charge on any atom is 0.327 e. The number of carbonyl (C=O) groups is 2. The first-order valence-electron chi connectivity index (χ1n) is 5.43. The predicted molar refractivity (Wildman–Crippen MR) is 71.3 cm³/mol. The van der Waals surface area contributed by atoms with Crippen LogP contribution in [-0.4, -0.2) is 40.5 Å². The summed E-state index contributed by atoms with van der Waals surface area (Å²) >= 11 is 4.02. The molecule has 2 N–H and O–H groups in total. The predicted octanol–water partition coefficient (Wildman–Crippen LogP) is 1.35. The number of hydrogen-bond donors (Lipinski definition) is 3. The third-order valence-electron chi connectivity index (χ3n) is 2.49. The van der Waals surface area contributed by atoms with Crippen LogP contribution < -0.4 is 4.90 Å². The third kappa shape index (κ3) is 3.96. The quantitative estimate of drug-likeness (QED) is 0.651. The van der Waals surface area contributed by atoms with Gasteiger partial charge in [-0.3, -0.25) is 4.79 Å². The molecule has 0 bridgehead atoms. The van der Waals surface area contributed by atoms with E-state index in [4.69, 9.17) is 10.2 Å². The lowest BCUT2D eigenvalue weighted by Gasteiger charge is -2.29. The minimum absolute atomic E-state index is 0.115. The van der Waals surface area contributed by atoms with E-state index in [2.05, 4.69) is 12.6 Å². The van der Waals surface area contributed by atoms with Crippen LogP contribution in [0.3, 0.4) is 0 Å². The summed E-state index contributed by atoms with van der Waals surface area (Å²) in [6.07, 6.45) is -0.119. The number of hydrogen-bond acceptors (Lipinski definition) is 4. The highest BCUT2D eigenvalue weighted by molar-refractivity contribution is 7.80. The molecule has 0 radical (unpaired) electrons. The van der Waals surface area contributed by atoms with Crippen LogP contribution in [0.4, 0.5) is 5.69 Å². The maximum atomic E-state index is 11.2.